The van der Waals surface area contributed by atoms with E-state index in [9.17, 15) is 14.4 Å². The van der Waals surface area contributed by atoms with Crippen molar-refractivity contribution in [1.82, 2.24) is 5.32 Å². The minimum absolute atomic E-state index is 0.000789. The molecular formula is C21H27NO7. The maximum Gasteiger partial charge on any atom is 0.375 e. The number of benzene rings is 1. The van der Waals surface area contributed by atoms with E-state index < -0.39 is 30.5 Å². The number of methoxy groups -OCH3 is 1. The van der Waals surface area contributed by atoms with E-state index in [1.54, 1.807) is 12.1 Å². The highest BCUT2D eigenvalue weighted by Crippen LogP contribution is 2.27. The van der Waals surface area contributed by atoms with Gasteiger partial charge in [-0.05, 0) is 25.3 Å². The zero-order chi connectivity index (χ0) is 21.4. The number of hydrogen-bond acceptors (Lipinski definition) is 7. The fourth-order valence-electron chi connectivity index (χ4n) is 2.87. The monoisotopic (exact) mass is 405 g/mol. The minimum Gasteiger partial charge on any atom is -0.467 e. The summed E-state index contributed by atoms with van der Waals surface area (Å²) in [6.07, 6.45) is 0.411. The normalized spacial score (nSPS) is 12.0. The molecule has 1 amide bonds. The molecule has 1 aromatic heterocycles. The van der Waals surface area contributed by atoms with Crippen LogP contribution in [0.25, 0.3) is 11.0 Å². The largest absolute Gasteiger partial charge is 0.467 e. The first-order valence-electron chi connectivity index (χ1n) is 9.49. The lowest BCUT2D eigenvalue weighted by molar-refractivity contribution is -0.145. The molecule has 1 aromatic carbocycles. The lowest BCUT2D eigenvalue weighted by Gasteiger charge is -2.18. The van der Waals surface area contributed by atoms with Crippen molar-refractivity contribution in [3.05, 3.63) is 35.6 Å². The number of amides is 1. The maximum atomic E-state index is 12.5. The Balaban J connectivity index is 2.06. The molecule has 1 N–H and O–H groups in total. The van der Waals surface area contributed by atoms with Crippen molar-refractivity contribution in [1.29, 1.82) is 0 Å². The number of hydrogen-bond donors (Lipinski definition) is 1. The third kappa shape index (κ3) is 6.05. The molecule has 0 aliphatic heterocycles. The van der Waals surface area contributed by atoms with Crippen LogP contribution in [0.5, 0.6) is 0 Å². The SMILES string of the molecule is CCOCc1c(C(=O)OCC(=O)N[C@H](CC(C)C)C(=O)OC)oc2ccccc12. The Bertz CT molecular complexity index is 856. The van der Waals surface area contributed by atoms with Crippen LogP contribution < -0.4 is 5.32 Å². The first-order chi connectivity index (χ1) is 13.9. The zero-order valence-corrected chi connectivity index (χ0v) is 17.2. The second-order valence-electron chi connectivity index (χ2n) is 6.89. The van der Waals surface area contributed by atoms with Crippen LogP contribution in [0.4, 0.5) is 0 Å². The van der Waals surface area contributed by atoms with Crippen molar-refractivity contribution in [2.24, 2.45) is 5.92 Å². The van der Waals surface area contributed by atoms with Gasteiger partial charge in [-0.25, -0.2) is 9.59 Å². The number of furan rings is 1. The van der Waals surface area contributed by atoms with Gasteiger partial charge in [-0.15, -0.1) is 0 Å². The van der Waals surface area contributed by atoms with E-state index in [2.05, 4.69) is 5.32 Å². The van der Waals surface area contributed by atoms with Crippen LogP contribution in [-0.2, 0) is 30.4 Å². The predicted octanol–water partition coefficient (Wildman–Crippen LogP) is 2.83. The van der Waals surface area contributed by atoms with Crippen LogP contribution in [0.3, 0.4) is 0 Å². The number of carbonyl (C=O) groups is 3. The Morgan fingerprint density at radius 3 is 2.55 bits per heavy atom. The summed E-state index contributed by atoms with van der Waals surface area (Å²) >= 11 is 0. The van der Waals surface area contributed by atoms with Gasteiger partial charge >= 0.3 is 11.9 Å². The van der Waals surface area contributed by atoms with Gasteiger partial charge in [0.2, 0.25) is 5.76 Å². The standard InChI is InChI=1S/C21H27NO7/c1-5-27-11-15-14-8-6-7-9-17(14)29-19(15)21(25)28-12-18(23)22-16(10-13(2)3)20(24)26-4/h6-9,13,16H,5,10-12H2,1-4H3,(H,22,23)/t16-/m1/s1. The fraction of sp³-hybridized carbons (Fsp3) is 0.476. The van der Waals surface area contributed by atoms with Crippen molar-refractivity contribution in [3.8, 4) is 0 Å². The molecule has 0 aliphatic rings. The molecular weight excluding hydrogens is 378 g/mol. The van der Waals surface area contributed by atoms with E-state index in [-0.39, 0.29) is 18.3 Å². The molecule has 0 radical (unpaired) electrons. The third-order valence-corrected chi connectivity index (χ3v) is 4.20. The summed E-state index contributed by atoms with van der Waals surface area (Å²) < 4.78 is 20.9. The molecule has 1 atom stereocenters. The van der Waals surface area contributed by atoms with Gasteiger partial charge in [-0.1, -0.05) is 32.0 Å². The quantitative estimate of drug-likeness (QED) is 0.606. The van der Waals surface area contributed by atoms with Crippen molar-refractivity contribution in [3.63, 3.8) is 0 Å². The molecule has 0 fully saturated rings. The van der Waals surface area contributed by atoms with Gasteiger partial charge in [0.15, 0.2) is 6.61 Å². The molecule has 0 aliphatic carbocycles. The van der Waals surface area contributed by atoms with Crippen LogP contribution >= 0.6 is 0 Å². The minimum atomic E-state index is -0.800. The van der Waals surface area contributed by atoms with Crippen LogP contribution in [0, 0.1) is 5.92 Å². The molecule has 0 saturated carbocycles. The Hall–Kier alpha value is -2.87. The predicted molar refractivity (Wildman–Crippen MR) is 105 cm³/mol. The van der Waals surface area contributed by atoms with Crippen molar-refractivity contribution in [2.45, 2.75) is 39.8 Å². The van der Waals surface area contributed by atoms with E-state index in [4.69, 9.17) is 18.6 Å². The average molecular weight is 405 g/mol. The highest BCUT2D eigenvalue weighted by atomic mass is 16.6. The second-order valence-corrected chi connectivity index (χ2v) is 6.89. The first-order valence-corrected chi connectivity index (χ1v) is 9.49. The van der Waals surface area contributed by atoms with Gasteiger partial charge in [0, 0.05) is 17.6 Å². The van der Waals surface area contributed by atoms with E-state index >= 15 is 0 Å². The molecule has 0 saturated heterocycles. The number of ether oxygens (including phenoxy) is 3. The summed E-state index contributed by atoms with van der Waals surface area (Å²) in [4.78, 5) is 36.5. The third-order valence-electron chi connectivity index (χ3n) is 4.20. The van der Waals surface area contributed by atoms with E-state index in [0.29, 0.717) is 24.2 Å². The highest BCUT2D eigenvalue weighted by molar-refractivity contribution is 5.97. The van der Waals surface area contributed by atoms with Gasteiger partial charge in [0.1, 0.15) is 11.6 Å². The summed E-state index contributed by atoms with van der Waals surface area (Å²) in [6, 6.07) is 6.38. The molecule has 0 unspecified atom stereocenters. The number of nitrogens with one attached hydrogen (secondary N) is 1. The lowest BCUT2D eigenvalue weighted by atomic mass is 10.0. The molecule has 8 heteroatoms. The van der Waals surface area contributed by atoms with E-state index in [0.717, 1.165) is 5.39 Å². The Labute approximate surface area is 169 Å². The van der Waals surface area contributed by atoms with Gasteiger partial charge in [0.05, 0.1) is 13.7 Å². The second kappa shape index (κ2) is 10.6. The molecule has 2 rings (SSSR count). The van der Waals surface area contributed by atoms with Crippen LogP contribution in [0.2, 0.25) is 0 Å². The van der Waals surface area contributed by atoms with Crippen molar-refractivity contribution >= 4 is 28.8 Å². The van der Waals surface area contributed by atoms with Crippen LogP contribution in [-0.4, -0.2) is 44.2 Å². The molecule has 2 aromatic rings. The fourth-order valence-corrected chi connectivity index (χ4v) is 2.87. The number of rotatable bonds is 10. The molecule has 0 bridgehead atoms. The number of fused-ring (bicyclic) bond motifs is 1. The number of esters is 2. The van der Waals surface area contributed by atoms with E-state index in [1.807, 2.05) is 32.9 Å². The topological polar surface area (TPSA) is 104 Å². The molecule has 0 spiro atoms. The number of para-hydroxylation sites is 1. The lowest BCUT2D eigenvalue weighted by Crippen LogP contribution is -2.44. The van der Waals surface area contributed by atoms with Gasteiger partial charge in [-0.2, -0.15) is 0 Å². The zero-order valence-electron chi connectivity index (χ0n) is 17.2. The summed E-state index contributed by atoms with van der Waals surface area (Å²) in [5, 5.41) is 3.29. The summed E-state index contributed by atoms with van der Waals surface area (Å²) in [5.74, 6) is -1.76. The van der Waals surface area contributed by atoms with Crippen LogP contribution in [0.15, 0.2) is 28.7 Å². The van der Waals surface area contributed by atoms with Gasteiger partial charge in [0.25, 0.3) is 5.91 Å². The Morgan fingerprint density at radius 2 is 1.90 bits per heavy atom. The van der Waals surface area contributed by atoms with Gasteiger partial charge in [-0.3, -0.25) is 4.79 Å². The first kappa shape index (κ1) is 22.4. The van der Waals surface area contributed by atoms with E-state index in [1.165, 1.54) is 7.11 Å². The molecule has 1 heterocycles. The summed E-state index contributed by atoms with van der Waals surface area (Å²) in [6.45, 7) is 5.80. The average Bonchev–Trinajstić information content (AvgIpc) is 3.07. The Morgan fingerprint density at radius 1 is 1.17 bits per heavy atom. The Kier molecular flexibility index (Phi) is 8.21. The molecule has 158 valence electrons. The highest BCUT2D eigenvalue weighted by Gasteiger charge is 2.25. The maximum absolute atomic E-state index is 12.5. The van der Waals surface area contributed by atoms with Crippen molar-refractivity contribution < 1.29 is 33.0 Å². The molecule has 29 heavy (non-hydrogen) atoms. The van der Waals surface area contributed by atoms with Crippen LogP contribution in [0.1, 0.15) is 43.3 Å². The van der Waals surface area contributed by atoms with Crippen molar-refractivity contribution in [2.75, 3.05) is 20.3 Å². The molecule has 8 nitrogen and oxygen atoms in total. The smallest absolute Gasteiger partial charge is 0.375 e. The van der Waals surface area contributed by atoms with Gasteiger partial charge < -0.3 is 23.9 Å². The number of carbonyl (C=O) groups excluding carboxylic acids is 3. The summed E-state index contributed by atoms with van der Waals surface area (Å²) in [7, 11) is 1.25. The summed E-state index contributed by atoms with van der Waals surface area (Å²) in [5.41, 5.74) is 1.10.